The summed E-state index contributed by atoms with van der Waals surface area (Å²) in [7, 11) is -0.803. The van der Waals surface area contributed by atoms with Crippen molar-refractivity contribution in [1.82, 2.24) is 0 Å². The molecule has 3 rings (SSSR count). The van der Waals surface area contributed by atoms with Crippen molar-refractivity contribution in [2.75, 3.05) is 18.6 Å². The SMILES string of the molecule is COC(=O)c1ccc(COc2cccc(N=S3(=O)CCCC3)c2)o1. The second-order valence-corrected chi connectivity index (χ2v) is 8.07. The Balaban J connectivity index is 1.68. The van der Waals surface area contributed by atoms with Crippen LogP contribution in [-0.4, -0.2) is 28.8 Å². The zero-order valence-corrected chi connectivity index (χ0v) is 14.2. The smallest absolute Gasteiger partial charge is 0.373 e. The molecule has 2 heterocycles. The molecule has 0 radical (unpaired) electrons. The van der Waals surface area contributed by atoms with Crippen molar-refractivity contribution in [2.24, 2.45) is 4.36 Å². The molecule has 0 aliphatic carbocycles. The Morgan fingerprint density at radius 2 is 2.04 bits per heavy atom. The first-order valence-corrected chi connectivity index (χ1v) is 9.56. The van der Waals surface area contributed by atoms with Crippen molar-refractivity contribution >= 4 is 21.4 Å². The van der Waals surface area contributed by atoms with Crippen LogP contribution in [0.25, 0.3) is 0 Å². The Kier molecular flexibility index (Phi) is 4.89. The summed E-state index contributed by atoms with van der Waals surface area (Å²) in [6, 6.07) is 10.4. The van der Waals surface area contributed by atoms with E-state index in [1.165, 1.54) is 7.11 Å². The van der Waals surface area contributed by atoms with Crippen molar-refractivity contribution in [3.8, 4) is 5.75 Å². The number of furan rings is 1. The fraction of sp³-hybridized carbons (Fsp3) is 0.353. The van der Waals surface area contributed by atoms with Gasteiger partial charge in [0.1, 0.15) is 18.1 Å². The minimum Gasteiger partial charge on any atom is -0.486 e. The highest BCUT2D eigenvalue weighted by molar-refractivity contribution is 7.93. The van der Waals surface area contributed by atoms with Crippen LogP contribution >= 0.6 is 0 Å². The summed E-state index contributed by atoms with van der Waals surface area (Å²) in [6.45, 7) is 0.176. The van der Waals surface area contributed by atoms with E-state index >= 15 is 0 Å². The first-order valence-electron chi connectivity index (χ1n) is 7.70. The van der Waals surface area contributed by atoms with Gasteiger partial charge in [-0.2, -0.15) is 4.36 Å². The van der Waals surface area contributed by atoms with Gasteiger partial charge in [-0.1, -0.05) is 6.07 Å². The molecule has 0 saturated carbocycles. The summed E-state index contributed by atoms with van der Waals surface area (Å²) in [4.78, 5) is 11.3. The van der Waals surface area contributed by atoms with Crippen molar-refractivity contribution in [3.63, 3.8) is 0 Å². The molecule has 1 aromatic heterocycles. The third-order valence-electron chi connectivity index (χ3n) is 3.70. The predicted octanol–water partition coefficient (Wildman–Crippen LogP) is 3.54. The number of esters is 1. The lowest BCUT2D eigenvalue weighted by atomic mass is 10.3. The summed E-state index contributed by atoms with van der Waals surface area (Å²) in [5.41, 5.74) is 0.661. The van der Waals surface area contributed by atoms with E-state index in [9.17, 15) is 9.00 Å². The van der Waals surface area contributed by atoms with E-state index in [1.54, 1.807) is 24.3 Å². The number of ether oxygens (including phenoxy) is 2. The molecule has 0 amide bonds. The zero-order chi connectivity index (χ0) is 17.0. The van der Waals surface area contributed by atoms with Gasteiger partial charge in [0.2, 0.25) is 5.76 Å². The van der Waals surface area contributed by atoms with Gasteiger partial charge in [-0.25, -0.2) is 9.00 Å². The van der Waals surface area contributed by atoms with Gasteiger partial charge in [-0.05, 0) is 37.1 Å². The Labute approximate surface area is 140 Å². The van der Waals surface area contributed by atoms with E-state index in [2.05, 4.69) is 9.10 Å². The maximum absolute atomic E-state index is 12.5. The van der Waals surface area contributed by atoms with Crippen LogP contribution in [0.4, 0.5) is 5.69 Å². The first kappa shape index (κ1) is 16.6. The highest BCUT2D eigenvalue weighted by atomic mass is 32.2. The highest BCUT2D eigenvalue weighted by Crippen LogP contribution is 2.25. The molecule has 1 saturated heterocycles. The molecular weight excluding hydrogens is 330 g/mol. The van der Waals surface area contributed by atoms with Crippen molar-refractivity contribution in [1.29, 1.82) is 0 Å². The van der Waals surface area contributed by atoms with Crippen LogP contribution in [0.2, 0.25) is 0 Å². The van der Waals surface area contributed by atoms with E-state index in [1.807, 2.05) is 12.1 Å². The van der Waals surface area contributed by atoms with Crippen molar-refractivity contribution in [2.45, 2.75) is 19.4 Å². The molecule has 6 nitrogen and oxygen atoms in total. The van der Waals surface area contributed by atoms with Crippen molar-refractivity contribution < 1.29 is 22.9 Å². The first-order chi connectivity index (χ1) is 11.6. The van der Waals surface area contributed by atoms with Crippen LogP contribution in [0.3, 0.4) is 0 Å². The molecule has 0 spiro atoms. The second-order valence-electron chi connectivity index (χ2n) is 5.52. The van der Waals surface area contributed by atoms with Gasteiger partial charge in [-0.15, -0.1) is 0 Å². The van der Waals surface area contributed by atoms with Crippen LogP contribution in [0.1, 0.15) is 29.2 Å². The molecule has 128 valence electrons. The summed E-state index contributed by atoms with van der Waals surface area (Å²) < 4.78 is 32.5. The second kappa shape index (κ2) is 7.09. The lowest BCUT2D eigenvalue weighted by molar-refractivity contribution is 0.0561. The third kappa shape index (κ3) is 3.97. The Morgan fingerprint density at radius 1 is 1.25 bits per heavy atom. The molecular formula is C17H19NO5S. The summed E-state index contributed by atoms with van der Waals surface area (Å²) in [5.74, 6) is 2.06. The molecule has 0 N–H and O–H groups in total. The summed E-state index contributed by atoms with van der Waals surface area (Å²) >= 11 is 0. The minimum absolute atomic E-state index is 0.137. The van der Waals surface area contributed by atoms with Gasteiger partial charge in [0, 0.05) is 17.6 Å². The fourth-order valence-electron chi connectivity index (χ4n) is 2.49. The zero-order valence-electron chi connectivity index (χ0n) is 13.4. The third-order valence-corrected chi connectivity index (χ3v) is 6.09. The van der Waals surface area contributed by atoms with Crippen LogP contribution in [0, 0.1) is 0 Å². The lowest BCUT2D eigenvalue weighted by Gasteiger charge is -2.06. The van der Waals surface area contributed by atoms with Crippen LogP contribution in [0.5, 0.6) is 5.75 Å². The monoisotopic (exact) mass is 349 g/mol. The number of methoxy groups -OCH3 is 1. The van der Waals surface area contributed by atoms with E-state index in [0.717, 1.165) is 12.8 Å². The number of rotatable bonds is 5. The molecule has 1 fully saturated rings. The van der Waals surface area contributed by atoms with Gasteiger partial charge in [0.15, 0.2) is 0 Å². The number of nitrogens with zero attached hydrogens (tertiary/aromatic N) is 1. The number of carbonyl (C=O) groups is 1. The van der Waals surface area contributed by atoms with Gasteiger partial charge in [0.05, 0.1) is 22.5 Å². The maximum Gasteiger partial charge on any atom is 0.373 e. The standard InChI is InChI=1S/C17H19NO5S/c1-21-17(19)16-8-7-15(23-16)12-22-14-6-4-5-13(11-14)18-24(20)9-2-3-10-24/h4-8,11H,2-3,9-10,12H2,1H3. The lowest BCUT2D eigenvalue weighted by Crippen LogP contribution is -1.99. The van der Waals surface area contributed by atoms with Crippen LogP contribution in [-0.2, 0) is 21.1 Å². The van der Waals surface area contributed by atoms with E-state index in [0.29, 0.717) is 28.7 Å². The maximum atomic E-state index is 12.5. The summed E-state index contributed by atoms with van der Waals surface area (Å²) in [6.07, 6.45) is 1.94. The van der Waals surface area contributed by atoms with Gasteiger partial charge < -0.3 is 13.9 Å². The average Bonchev–Trinajstić information content (AvgIpc) is 3.22. The molecule has 0 unspecified atom stereocenters. The van der Waals surface area contributed by atoms with Gasteiger partial charge in [0.25, 0.3) is 0 Å². The molecule has 1 aliphatic heterocycles. The van der Waals surface area contributed by atoms with E-state index < -0.39 is 15.7 Å². The average molecular weight is 349 g/mol. The molecule has 24 heavy (non-hydrogen) atoms. The quantitative estimate of drug-likeness (QED) is 0.772. The Morgan fingerprint density at radius 3 is 2.79 bits per heavy atom. The van der Waals surface area contributed by atoms with E-state index in [4.69, 9.17) is 9.15 Å². The molecule has 7 heteroatoms. The number of benzene rings is 1. The van der Waals surface area contributed by atoms with Crippen molar-refractivity contribution in [3.05, 3.63) is 47.9 Å². The number of hydrogen-bond donors (Lipinski definition) is 0. The largest absolute Gasteiger partial charge is 0.486 e. The van der Waals surface area contributed by atoms with Gasteiger partial charge >= 0.3 is 5.97 Å². The molecule has 1 aromatic carbocycles. The molecule has 2 aromatic rings. The minimum atomic E-state index is -2.10. The molecule has 0 atom stereocenters. The fourth-order valence-corrected chi connectivity index (χ4v) is 4.69. The van der Waals surface area contributed by atoms with E-state index in [-0.39, 0.29) is 12.4 Å². The normalized spacial score (nSPS) is 15.9. The Hall–Kier alpha value is -2.28. The molecule has 1 aliphatic rings. The topological polar surface area (TPSA) is 78.1 Å². The van der Waals surface area contributed by atoms with Crippen LogP contribution in [0.15, 0.2) is 45.2 Å². The predicted molar refractivity (Wildman–Crippen MR) is 90.0 cm³/mol. The number of carbonyl (C=O) groups excluding carboxylic acids is 1. The van der Waals surface area contributed by atoms with Crippen LogP contribution < -0.4 is 4.74 Å². The summed E-state index contributed by atoms with van der Waals surface area (Å²) in [5, 5.41) is 0. The van der Waals surface area contributed by atoms with Gasteiger partial charge in [-0.3, -0.25) is 0 Å². The highest BCUT2D eigenvalue weighted by Gasteiger charge is 2.16. The Bertz CT molecular complexity index is 836. The molecule has 0 bridgehead atoms. The number of hydrogen-bond acceptors (Lipinski definition) is 6.